The standard InChI is InChI=1S/C23H20ClF3N4O3/c1-3-20(32)31-7-6-17(14(26)10-31)34-19-8-12-16(9-18(19)33-2)28-11-29-23(12)30-15-5-4-13(25)21(24)22(15)27/h3-5,8-9,11,14,17H,1,6-7,10H2,2H3,(H,28,29,30)/t14?,17-/m1/s1. The van der Waals surface area contributed by atoms with Crippen molar-refractivity contribution in [3.8, 4) is 11.5 Å². The Labute approximate surface area is 198 Å². The molecule has 1 unspecified atom stereocenters. The Morgan fingerprint density at radius 1 is 1.29 bits per heavy atom. The lowest BCUT2D eigenvalue weighted by Crippen LogP contribution is -2.48. The minimum absolute atomic E-state index is 0.0900. The van der Waals surface area contributed by atoms with Gasteiger partial charge in [-0.25, -0.2) is 23.1 Å². The lowest BCUT2D eigenvalue weighted by Gasteiger charge is -2.34. The molecule has 3 aromatic rings. The van der Waals surface area contributed by atoms with E-state index in [1.54, 1.807) is 12.1 Å². The normalized spacial score (nSPS) is 18.0. The fraction of sp³-hybridized carbons (Fsp3) is 0.261. The first-order valence-electron chi connectivity index (χ1n) is 10.3. The zero-order chi connectivity index (χ0) is 24.4. The molecular weight excluding hydrogens is 473 g/mol. The molecule has 1 aliphatic heterocycles. The van der Waals surface area contributed by atoms with Crippen LogP contribution in [0.5, 0.6) is 11.5 Å². The van der Waals surface area contributed by atoms with Crippen molar-refractivity contribution in [2.75, 3.05) is 25.5 Å². The summed E-state index contributed by atoms with van der Waals surface area (Å²) >= 11 is 5.67. The second kappa shape index (κ2) is 9.76. The summed E-state index contributed by atoms with van der Waals surface area (Å²) in [6.07, 6.45) is 0.411. The van der Waals surface area contributed by atoms with Crippen LogP contribution >= 0.6 is 11.6 Å². The predicted molar refractivity (Wildman–Crippen MR) is 121 cm³/mol. The molecule has 0 saturated carbocycles. The first kappa shape index (κ1) is 23.6. The Morgan fingerprint density at radius 3 is 2.79 bits per heavy atom. The highest BCUT2D eigenvalue weighted by Crippen LogP contribution is 2.37. The van der Waals surface area contributed by atoms with E-state index in [4.69, 9.17) is 21.1 Å². The summed E-state index contributed by atoms with van der Waals surface area (Å²) < 4.78 is 54.0. The third kappa shape index (κ3) is 4.58. The summed E-state index contributed by atoms with van der Waals surface area (Å²) in [5.41, 5.74) is 0.353. The Bertz CT molecular complexity index is 1260. The van der Waals surface area contributed by atoms with Crippen LogP contribution in [0.4, 0.5) is 24.7 Å². The molecule has 1 amide bonds. The van der Waals surface area contributed by atoms with Crippen molar-refractivity contribution in [1.29, 1.82) is 0 Å². The Balaban J connectivity index is 1.65. The van der Waals surface area contributed by atoms with Crippen LogP contribution in [-0.4, -0.2) is 53.2 Å². The minimum atomic E-state index is -1.43. The number of alkyl halides is 1. The number of amides is 1. The summed E-state index contributed by atoms with van der Waals surface area (Å²) in [5.74, 6) is -1.47. The number of fused-ring (bicyclic) bond motifs is 1. The Kier molecular flexibility index (Phi) is 6.78. The van der Waals surface area contributed by atoms with Crippen molar-refractivity contribution in [3.63, 3.8) is 0 Å². The fourth-order valence-electron chi connectivity index (χ4n) is 3.67. The first-order valence-corrected chi connectivity index (χ1v) is 10.7. The Morgan fingerprint density at radius 2 is 2.09 bits per heavy atom. The Hall–Kier alpha value is -3.53. The molecule has 4 rings (SSSR count). The van der Waals surface area contributed by atoms with Gasteiger partial charge in [0, 0.05) is 24.4 Å². The van der Waals surface area contributed by atoms with Crippen molar-refractivity contribution < 1.29 is 27.4 Å². The summed E-state index contributed by atoms with van der Waals surface area (Å²) in [6.45, 7) is 3.62. The number of halogens is 4. The molecule has 0 aliphatic carbocycles. The van der Waals surface area contributed by atoms with Crippen LogP contribution in [0, 0.1) is 11.6 Å². The van der Waals surface area contributed by atoms with Gasteiger partial charge in [-0.05, 0) is 24.3 Å². The highest BCUT2D eigenvalue weighted by molar-refractivity contribution is 6.31. The maximum Gasteiger partial charge on any atom is 0.246 e. The molecule has 1 fully saturated rings. The summed E-state index contributed by atoms with van der Waals surface area (Å²) in [4.78, 5) is 21.5. The number of carbonyl (C=O) groups excluding carboxylic acids is 1. The number of aromatic nitrogens is 2. The average Bonchev–Trinajstić information content (AvgIpc) is 2.84. The van der Waals surface area contributed by atoms with E-state index in [1.165, 1.54) is 24.4 Å². The number of piperidine rings is 1. The molecule has 1 aromatic heterocycles. The van der Waals surface area contributed by atoms with E-state index in [0.717, 1.165) is 12.1 Å². The number of ether oxygens (including phenoxy) is 2. The van der Waals surface area contributed by atoms with Gasteiger partial charge < -0.3 is 19.7 Å². The van der Waals surface area contributed by atoms with Gasteiger partial charge in [0.1, 0.15) is 29.1 Å². The van der Waals surface area contributed by atoms with Gasteiger partial charge >= 0.3 is 0 Å². The maximum absolute atomic E-state index is 14.8. The quantitative estimate of drug-likeness (QED) is 0.393. The molecule has 2 atom stereocenters. The van der Waals surface area contributed by atoms with Crippen LogP contribution in [0.3, 0.4) is 0 Å². The largest absolute Gasteiger partial charge is 0.493 e. The SMILES string of the molecule is C=CC(=O)N1CC[C@@H](Oc2cc3c(Nc4ccc(F)c(Cl)c4F)ncnc3cc2OC)C(F)C1. The van der Waals surface area contributed by atoms with Gasteiger partial charge in [-0.15, -0.1) is 0 Å². The number of methoxy groups -OCH3 is 1. The average molecular weight is 493 g/mol. The summed E-state index contributed by atoms with van der Waals surface area (Å²) in [7, 11) is 1.43. The van der Waals surface area contributed by atoms with Crippen molar-refractivity contribution >= 4 is 39.9 Å². The molecule has 1 N–H and O–H groups in total. The number of nitrogens with one attached hydrogen (secondary N) is 1. The van der Waals surface area contributed by atoms with Crippen LogP contribution < -0.4 is 14.8 Å². The van der Waals surface area contributed by atoms with Gasteiger partial charge in [0.25, 0.3) is 0 Å². The molecular formula is C23H20ClF3N4O3. The number of likely N-dealkylation sites (tertiary alicyclic amines) is 1. The number of carbonyl (C=O) groups is 1. The number of anilines is 2. The fourth-order valence-corrected chi connectivity index (χ4v) is 3.84. The summed E-state index contributed by atoms with van der Waals surface area (Å²) in [6, 6.07) is 5.35. The molecule has 0 spiro atoms. The topological polar surface area (TPSA) is 76.6 Å². The van der Waals surface area contributed by atoms with E-state index >= 15 is 0 Å². The second-order valence-electron chi connectivity index (χ2n) is 7.54. The zero-order valence-corrected chi connectivity index (χ0v) is 18.8. The monoisotopic (exact) mass is 492 g/mol. The van der Waals surface area contributed by atoms with E-state index < -0.39 is 28.9 Å². The van der Waals surface area contributed by atoms with E-state index in [0.29, 0.717) is 23.2 Å². The lowest BCUT2D eigenvalue weighted by atomic mass is 10.1. The molecule has 1 aliphatic rings. The summed E-state index contributed by atoms with van der Waals surface area (Å²) in [5, 5.41) is 2.56. The number of hydrogen-bond acceptors (Lipinski definition) is 6. The van der Waals surface area contributed by atoms with Gasteiger partial charge in [-0.3, -0.25) is 4.79 Å². The van der Waals surface area contributed by atoms with Crippen LogP contribution in [0.15, 0.2) is 43.2 Å². The van der Waals surface area contributed by atoms with Crippen LogP contribution in [0.2, 0.25) is 5.02 Å². The highest BCUT2D eigenvalue weighted by Gasteiger charge is 2.33. The van der Waals surface area contributed by atoms with E-state index in [1.807, 2.05) is 0 Å². The molecule has 7 nitrogen and oxygen atoms in total. The van der Waals surface area contributed by atoms with Gasteiger partial charge in [0.05, 0.1) is 24.9 Å². The van der Waals surface area contributed by atoms with Gasteiger partial charge in [-0.2, -0.15) is 0 Å². The number of hydrogen-bond donors (Lipinski definition) is 1. The van der Waals surface area contributed by atoms with Crippen molar-refractivity contribution in [2.45, 2.75) is 18.7 Å². The van der Waals surface area contributed by atoms with Crippen molar-refractivity contribution in [2.24, 2.45) is 0 Å². The molecule has 0 bridgehead atoms. The molecule has 11 heteroatoms. The lowest BCUT2D eigenvalue weighted by molar-refractivity contribution is -0.129. The molecule has 178 valence electrons. The molecule has 1 saturated heterocycles. The maximum atomic E-state index is 14.8. The first-order chi connectivity index (χ1) is 16.3. The van der Waals surface area contributed by atoms with Crippen LogP contribution in [0.1, 0.15) is 6.42 Å². The van der Waals surface area contributed by atoms with Gasteiger partial charge in [0.2, 0.25) is 5.91 Å². The smallest absolute Gasteiger partial charge is 0.246 e. The van der Waals surface area contributed by atoms with E-state index in [2.05, 4.69) is 21.9 Å². The molecule has 34 heavy (non-hydrogen) atoms. The third-order valence-corrected chi connectivity index (χ3v) is 5.80. The van der Waals surface area contributed by atoms with Crippen LogP contribution in [-0.2, 0) is 4.79 Å². The van der Waals surface area contributed by atoms with Gasteiger partial charge in [-0.1, -0.05) is 18.2 Å². The number of benzene rings is 2. The highest BCUT2D eigenvalue weighted by atomic mass is 35.5. The third-order valence-electron chi connectivity index (χ3n) is 5.46. The van der Waals surface area contributed by atoms with E-state index in [9.17, 15) is 18.0 Å². The van der Waals surface area contributed by atoms with Crippen molar-refractivity contribution in [3.05, 3.63) is 59.9 Å². The minimum Gasteiger partial charge on any atom is -0.493 e. The predicted octanol–water partition coefficient (Wildman–Crippen LogP) is 4.82. The number of nitrogens with zero attached hydrogens (tertiary/aromatic N) is 3. The van der Waals surface area contributed by atoms with Crippen molar-refractivity contribution in [1.82, 2.24) is 14.9 Å². The van der Waals surface area contributed by atoms with Crippen LogP contribution in [0.25, 0.3) is 10.9 Å². The molecule has 2 aromatic carbocycles. The van der Waals surface area contributed by atoms with Gasteiger partial charge in [0.15, 0.2) is 23.5 Å². The van der Waals surface area contributed by atoms with E-state index in [-0.39, 0.29) is 36.1 Å². The zero-order valence-electron chi connectivity index (χ0n) is 18.0. The molecule has 2 heterocycles. The molecule has 0 radical (unpaired) electrons. The number of rotatable bonds is 6. The second-order valence-corrected chi connectivity index (χ2v) is 7.92.